The fourth-order valence-electron chi connectivity index (χ4n) is 1.69. The van der Waals surface area contributed by atoms with Crippen molar-refractivity contribution >= 4 is 15.8 Å². The van der Waals surface area contributed by atoms with Crippen LogP contribution in [-0.2, 0) is 16.4 Å². The van der Waals surface area contributed by atoms with Crippen molar-refractivity contribution in [2.75, 3.05) is 19.3 Å². The van der Waals surface area contributed by atoms with Crippen LogP contribution >= 0.6 is 0 Å². The highest BCUT2D eigenvalue weighted by molar-refractivity contribution is 7.92. The van der Waals surface area contributed by atoms with Gasteiger partial charge < -0.3 is 10.6 Å². The Morgan fingerprint density at radius 2 is 1.87 bits per heavy atom. The molecule has 0 amide bonds. The lowest BCUT2D eigenvalue weighted by atomic mass is 10.2. The van der Waals surface area contributed by atoms with E-state index in [1.807, 2.05) is 0 Å². The number of aliphatic imine (C=N–C) groups is 1. The molecule has 0 bridgehead atoms. The summed E-state index contributed by atoms with van der Waals surface area (Å²) >= 11 is 0. The maximum atomic E-state index is 13.5. The highest BCUT2D eigenvalue weighted by Crippen LogP contribution is 2.15. The second kappa shape index (κ2) is 7.72. The smallest absolute Gasteiger partial charge is 0.191 e. The van der Waals surface area contributed by atoms with Gasteiger partial charge in [0.2, 0.25) is 0 Å². The van der Waals surface area contributed by atoms with E-state index in [9.17, 15) is 17.2 Å². The summed E-state index contributed by atoms with van der Waals surface area (Å²) in [5.74, 6) is -0.782. The van der Waals surface area contributed by atoms with Gasteiger partial charge in [0.15, 0.2) is 15.8 Å². The van der Waals surface area contributed by atoms with Crippen molar-refractivity contribution < 1.29 is 17.2 Å². The molecule has 1 aromatic rings. The van der Waals surface area contributed by atoms with Crippen molar-refractivity contribution in [2.24, 2.45) is 4.99 Å². The van der Waals surface area contributed by atoms with Gasteiger partial charge in [0.25, 0.3) is 0 Å². The maximum Gasteiger partial charge on any atom is 0.191 e. The average Bonchev–Trinajstić information content (AvgIpc) is 2.44. The Labute approximate surface area is 136 Å². The molecule has 0 aromatic heterocycles. The van der Waals surface area contributed by atoms with Gasteiger partial charge in [-0.15, -0.1) is 0 Å². The van der Waals surface area contributed by atoms with Crippen molar-refractivity contribution in [3.8, 4) is 0 Å². The van der Waals surface area contributed by atoms with Gasteiger partial charge in [0.1, 0.15) is 11.6 Å². The molecule has 1 aromatic carbocycles. The predicted octanol–water partition coefficient (Wildman–Crippen LogP) is 1.84. The second-order valence-electron chi connectivity index (χ2n) is 6.02. The van der Waals surface area contributed by atoms with E-state index in [1.54, 1.807) is 20.8 Å². The van der Waals surface area contributed by atoms with Crippen molar-refractivity contribution in [1.29, 1.82) is 0 Å². The molecule has 23 heavy (non-hydrogen) atoms. The number of nitrogens with zero attached hydrogens (tertiary/aromatic N) is 1. The van der Waals surface area contributed by atoms with E-state index >= 15 is 0 Å². The molecule has 0 saturated heterocycles. The Morgan fingerprint density at radius 1 is 1.22 bits per heavy atom. The second-order valence-corrected chi connectivity index (χ2v) is 8.88. The predicted molar refractivity (Wildman–Crippen MR) is 88.1 cm³/mol. The molecular weight excluding hydrogens is 324 g/mol. The normalized spacial score (nSPS) is 13.0. The quantitative estimate of drug-likeness (QED) is 0.630. The van der Waals surface area contributed by atoms with Crippen LogP contribution in [-0.4, -0.2) is 38.5 Å². The summed E-state index contributed by atoms with van der Waals surface area (Å²) in [6.45, 7) is 5.13. The first-order valence-corrected chi connectivity index (χ1v) is 8.83. The van der Waals surface area contributed by atoms with Gasteiger partial charge in [0, 0.05) is 25.7 Å². The Balaban J connectivity index is 2.55. The molecule has 0 atom stereocenters. The number of hydrogen-bond donors (Lipinski definition) is 2. The summed E-state index contributed by atoms with van der Waals surface area (Å²) in [6.07, 6.45) is 0. The molecule has 0 spiro atoms. The van der Waals surface area contributed by atoms with Gasteiger partial charge in [-0.3, -0.25) is 4.99 Å². The Hall–Kier alpha value is -1.70. The number of sulfone groups is 1. The van der Waals surface area contributed by atoms with Crippen LogP contribution in [0.5, 0.6) is 0 Å². The summed E-state index contributed by atoms with van der Waals surface area (Å²) in [7, 11) is -1.73. The van der Waals surface area contributed by atoms with Gasteiger partial charge in [-0.2, -0.15) is 0 Å². The molecule has 0 aliphatic heterocycles. The van der Waals surface area contributed by atoms with Crippen LogP contribution in [0.25, 0.3) is 0 Å². The minimum absolute atomic E-state index is 0.0370. The highest BCUT2D eigenvalue weighted by atomic mass is 32.2. The number of guanidine groups is 1. The number of nitrogens with one attached hydrogen (secondary N) is 2. The van der Waals surface area contributed by atoms with E-state index < -0.39 is 26.2 Å². The summed E-state index contributed by atoms with van der Waals surface area (Å²) in [6, 6.07) is 3.20. The minimum atomic E-state index is -3.24. The van der Waals surface area contributed by atoms with Gasteiger partial charge in [-0.05, 0) is 39.0 Å². The summed E-state index contributed by atoms with van der Waals surface area (Å²) in [5, 5.41) is 5.66. The van der Waals surface area contributed by atoms with Crippen molar-refractivity contribution in [2.45, 2.75) is 32.1 Å². The van der Waals surface area contributed by atoms with Gasteiger partial charge in [0.05, 0.1) is 10.5 Å². The Bertz CT molecular complexity index is 668. The van der Waals surface area contributed by atoms with Gasteiger partial charge >= 0.3 is 0 Å². The van der Waals surface area contributed by atoms with E-state index in [-0.39, 0.29) is 24.4 Å². The molecule has 0 aliphatic carbocycles. The molecule has 130 valence electrons. The molecule has 0 radical (unpaired) electrons. The number of rotatable bonds is 5. The third-order valence-corrected chi connectivity index (χ3v) is 5.88. The molecule has 0 heterocycles. The molecule has 0 unspecified atom stereocenters. The fourth-order valence-corrected chi connectivity index (χ4v) is 2.67. The van der Waals surface area contributed by atoms with Crippen molar-refractivity contribution in [1.82, 2.24) is 10.6 Å². The zero-order valence-corrected chi connectivity index (χ0v) is 14.6. The number of halogens is 2. The van der Waals surface area contributed by atoms with Crippen LogP contribution < -0.4 is 10.6 Å². The molecule has 1 rings (SSSR count). The number of hydrogen-bond acceptors (Lipinski definition) is 3. The topological polar surface area (TPSA) is 70.6 Å². The highest BCUT2D eigenvalue weighted by Gasteiger charge is 2.28. The van der Waals surface area contributed by atoms with E-state index in [0.717, 1.165) is 18.2 Å². The van der Waals surface area contributed by atoms with Crippen molar-refractivity contribution in [3.05, 3.63) is 35.4 Å². The molecule has 5 nitrogen and oxygen atoms in total. The lowest BCUT2D eigenvalue weighted by molar-refractivity contribution is 0.558. The first-order valence-electron chi connectivity index (χ1n) is 7.17. The van der Waals surface area contributed by atoms with Crippen LogP contribution in [0.2, 0.25) is 0 Å². The average molecular weight is 347 g/mol. The zero-order chi connectivity index (χ0) is 17.7. The summed E-state index contributed by atoms with van der Waals surface area (Å²) < 4.78 is 49.8. The standard InChI is InChI=1S/C15H23F2N3O2S/c1-15(2,3)23(21,22)8-7-19-14(18-4)20-10-11-9-12(16)5-6-13(11)17/h5-6,9H,7-8,10H2,1-4H3,(H2,18,19,20). The van der Waals surface area contributed by atoms with Crippen molar-refractivity contribution in [3.63, 3.8) is 0 Å². The summed E-state index contributed by atoms with van der Waals surface area (Å²) in [4.78, 5) is 3.92. The van der Waals surface area contributed by atoms with E-state index in [4.69, 9.17) is 0 Å². The monoisotopic (exact) mass is 347 g/mol. The molecule has 0 saturated carbocycles. The third-order valence-electron chi connectivity index (χ3n) is 3.27. The lowest BCUT2D eigenvalue weighted by Gasteiger charge is -2.19. The molecular formula is C15H23F2N3O2S. The van der Waals surface area contributed by atoms with Crippen LogP contribution in [0, 0.1) is 11.6 Å². The van der Waals surface area contributed by atoms with Gasteiger partial charge in [-0.1, -0.05) is 0 Å². The fraction of sp³-hybridized carbons (Fsp3) is 0.533. The minimum Gasteiger partial charge on any atom is -0.355 e. The molecule has 0 fully saturated rings. The van der Waals surface area contributed by atoms with Crippen LogP contribution in [0.1, 0.15) is 26.3 Å². The van der Waals surface area contributed by atoms with E-state index in [2.05, 4.69) is 15.6 Å². The van der Waals surface area contributed by atoms with E-state index in [0.29, 0.717) is 5.96 Å². The van der Waals surface area contributed by atoms with Crippen LogP contribution in [0.3, 0.4) is 0 Å². The molecule has 0 aliphatic rings. The van der Waals surface area contributed by atoms with Crippen LogP contribution in [0.4, 0.5) is 8.78 Å². The third kappa shape index (κ3) is 5.78. The number of benzene rings is 1. The maximum absolute atomic E-state index is 13.5. The molecule has 8 heteroatoms. The van der Waals surface area contributed by atoms with E-state index in [1.165, 1.54) is 7.05 Å². The molecule has 2 N–H and O–H groups in total. The SMILES string of the molecule is CN=C(NCCS(=O)(=O)C(C)(C)C)NCc1cc(F)ccc1F. The zero-order valence-electron chi connectivity index (χ0n) is 13.8. The lowest BCUT2D eigenvalue weighted by Crippen LogP contribution is -2.41. The summed E-state index contributed by atoms with van der Waals surface area (Å²) in [5.41, 5.74) is 0.162. The first kappa shape index (κ1) is 19.3. The van der Waals surface area contributed by atoms with Gasteiger partial charge in [-0.25, -0.2) is 17.2 Å². The Morgan fingerprint density at radius 3 is 2.43 bits per heavy atom. The largest absolute Gasteiger partial charge is 0.355 e. The van der Waals surface area contributed by atoms with Crippen LogP contribution in [0.15, 0.2) is 23.2 Å². The first-order chi connectivity index (χ1) is 10.6. The Kier molecular flexibility index (Phi) is 6.49.